The molecule has 0 aromatic rings. The molecule has 0 fully saturated rings. The van der Waals surface area contributed by atoms with Crippen LogP contribution in [0, 0.1) is 0 Å². The van der Waals surface area contributed by atoms with Crippen molar-refractivity contribution in [2.75, 3.05) is 49.2 Å². The van der Waals surface area contributed by atoms with Crippen molar-refractivity contribution in [3.8, 4) is 0 Å². The summed E-state index contributed by atoms with van der Waals surface area (Å²) in [5.41, 5.74) is 5.03. The van der Waals surface area contributed by atoms with Gasteiger partial charge in [-0.25, -0.2) is 0 Å². The maximum atomic E-state index is 7.00. The van der Waals surface area contributed by atoms with Crippen molar-refractivity contribution in [3.05, 3.63) is 0 Å². The molecule has 0 radical (unpaired) electrons. The summed E-state index contributed by atoms with van der Waals surface area (Å²) in [6.07, 6.45) is 1.10. The van der Waals surface area contributed by atoms with Crippen molar-refractivity contribution in [2.24, 2.45) is 5.73 Å². The Morgan fingerprint density at radius 1 is 0.556 bits per heavy atom. The summed E-state index contributed by atoms with van der Waals surface area (Å²) in [5, 5.41) is 42.0. The second-order valence-corrected chi connectivity index (χ2v) is 0.789. The van der Waals surface area contributed by atoms with Gasteiger partial charge in [0.1, 0.15) is 0 Å². The fourth-order valence-corrected chi connectivity index (χ4v) is 0. The molecule has 7 nitrogen and oxygen atoms in total. The average Bonchev–Trinajstić information content (AvgIpc) is 2.51. The van der Waals surface area contributed by atoms with Crippen LogP contribution in [0.15, 0.2) is 0 Å². The van der Waals surface area contributed by atoms with Crippen molar-refractivity contribution < 1.29 is 74.1 Å². The third-order valence-corrected chi connectivity index (χ3v) is 0.289. The second-order valence-electron chi connectivity index (χ2n) is 0.789. The Morgan fingerprint density at radius 3 is 0.611 bits per heavy atom. The summed E-state index contributed by atoms with van der Waals surface area (Å²) < 4.78 is 0. The summed E-state index contributed by atoms with van der Waals surface area (Å²) in [7, 11) is 6.00. The van der Waals surface area contributed by atoms with Gasteiger partial charge in [0, 0.05) is 86.1 Å². The van der Waals surface area contributed by atoms with E-state index in [0.29, 0.717) is 0 Å². The SMILES string of the molecule is CCCN.CO.CO.CO.CO.CO.CO.[Ti].[Ti]. The number of rotatable bonds is 1. The van der Waals surface area contributed by atoms with Crippen LogP contribution in [-0.2, 0) is 43.4 Å². The Hall–Kier alpha value is 1.15. The first kappa shape index (κ1) is 61.2. The molecule has 0 rings (SSSR count). The van der Waals surface area contributed by atoms with E-state index < -0.39 is 0 Å². The number of aliphatic hydroxyl groups is 6. The molecule has 0 bridgehead atoms. The van der Waals surface area contributed by atoms with Crippen LogP contribution in [0.4, 0.5) is 0 Å². The summed E-state index contributed by atoms with van der Waals surface area (Å²) in [5.74, 6) is 0. The van der Waals surface area contributed by atoms with Gasteiger partial charge in [0.25, 0.3) is 0 Å². The van der Waals surface area contributed by atoms with Crippen LogP contribution in [0.5, 0.6) is 0 Å². The van der Waals surface area contributed by atoms with E-state index in [1.807, 2.05) is 0 Å². The molecular formula is C9H33NO6Ti2. The molecule has 0 spiro atoms. The minimum atomic E-state index is 0. The first-order valence-corrected chi connectivity index (χ1v) is 4.30. The van der Waals surface area contributed by atoms with E-state index in [1.54, 1.807) is 0 Å². The Labute approximate surface area is 142 Å². The van der Waals surface area contributed by atoms with E-state index in [9.17, 15) is 0 Å². The zero-order chi connectivity index (χ0) is 15.4. The molecule has 118 valence electrons. The Kier molecular flexibility index (Phi) is 1830. The van der Waals surface area contributed by atoms with Gasteiger partial charge in [-0.3, -0.25) is 0 Å². The van der Waals surface area contributed by atoms with Gasteiger partial charge in [-0.2, -0.15) is 0 Å². The number of hydrogen-bond acceptors (Lipinski definition) is 7. The Morgan fingerprint density at radius 2 is 0.611 bits per heavy atom. The molecule has 0 aromatic carbocycles. The van der Waals surface area contributed by atoms with Crippen molar-refractivity contribution in [2.45, 2.75) is 13.3 Å². The molecule has 0 saturated heterocycles. The second kappa shape index (κ2) is 538. The molecule has 0 aliphatic carbocycles. The fraction of sp³-hybridized carbons (Fsp3) is 1.00. The smallest absolute Gasteiger partial charge is 0.0319 e. The minimum Gasteiger partial charge on any atom is -0.400 e. The van der Waals surface area contributed by atoms with Crippen molar-refractivity contribution in [3.63, 3.8) is 0 Å². The van der Waals surface area contributed by atoms with Crippen LogP contribution >= 0.6 is 0 Å². The molecule has 0 amide bonds. The van der Waals surface area contributed by atoms with Crippen LogP contribution < -0.4 is 5.73 Å². The number of hydrogen-bond donors (Lipinski definition) is 7. The van der Waals surface area contributed by atoms with Gasteiger partial charge in [-0.15, -0.1) is 0 Å². The molecule has 0 atom stereocenters. The molecule has 0 aliphatic rings. The van der Waals surface area contributed by atoms with Gasteiger partial charge < -0.3 is 36.4 Å². The van der Waals surface area contributed by atoms with Crippen LogP contribution in [0.2, 0.25) is 0 Å². The van der Waals surface area contributed by atoms with Crippen molar-refractivity contribution in [1.29, 1.82) is 0 Å². The predicted octanol–water partition coefficient (Wildman–Crippen LogP) is -2.00. The first-order valence-electron chi connectivity index (χ1n) is 4.30. The fourth-order valence-electron chi connectivity index (χ4n) is 0. The van der Waals surface area contributed by atoms with Gasteiger partial charge in [-0.1, -0.05) is 6.92 Å². The zero-order valence-corrected chi connectivity index (χ0v) is 15.8. The van der Waals surface area contributed by atoms with Gasteiger partial charge in [0.15, 0.2) is 0 Å². The molecule has 18 heavy (non-hydrogen) atoms. The predicted molar refractivity (Wildman–Crippen MR) is 68.2 cm³/mol. The molecule has 0 saturated carbocycles. The van der Waals surface area contributed by atoms with E-state index in [1.165, 1.54) is 0 Å². The normalized spacial score (nSPS) is 3.67. The largest absolute Gasteiger partial charge is 0.400 e. The summed E-state index contributed by atoms with van der Waals surface area (Å²) in [6, 6.07) is 0. The van der Waals surface area contributed by atoms with E-state index in [0.717, 1.165) is 55.6 Å². The van der Waals surface area contributed by atoms with Gasteiger partial charge >= 0.3 is 0 Å². The van der Waals surface area contributed by atoms with Crippen LogP contribution in [0.25, 0.3) is 0 Å². The summed E-state index contributed by atoms with van der Waals surface area (Å²) in [6.45, 7) is 2.88. The van der Waals surface area contributed by atoms with Crippen molar-refractivity contribution in [1.82, 2.24) is 0 Å². The first-order chi connectivity index (χ1) is 7.91. The molecular weight excluding hydrogens is 314 g/mol. The van der Waals surface area contributed by atoms with E-state index >= 15 is 0 Å². The Bertz CT molecular complexity index is 31.0. The molecule has 0 unspecified atom stereocenters. The van der Waals surface area contributed by atoms with Crippen molar-refractivity contribution >= 4 is 0 Å². The Balaban J connectivity index is -0.00000000758. The summed E-state index contributed by atoms with van der Waals surface area (Å²) in [4.78, 5) is 0. The van der Waals surface area contributed by atoms with Crippen LogP contribution in [0.3, 0.4) is 0 Å². The van der Waals surface area contributed by atoms with Crippen LogP contribution in [0.1, 0.15) is 13.3 Å². The van der Waals surface area contributed by atoms with E-state index in [2.05, 4.69) is 6.92 Å². The third-order valence-electron chi connectivity index (χ3n) is 0.289. The van der Waals surface area contributed by atoms with E-state index in [-0.39, 0.29) is 43.4 Å². The molecule has 9 heteroatoms. The van der Waals surface area contributed by atoms with Gasteiger partial charge in [-0.05, 0) is 13.0 Å². The molecule has 8 N–H and O–H groups in total. The standard InChI is InChI=1S/C3H9N.6CH4O.2Ti/c1-2-3-4;6*1-2;;/h2-4H2,1H3;6*2H,1H3;;. The van der Waals surface area contributed by atoms with Crippen LogP contribution in [-0.4, -0.2) is 79.8 Å². The zero-order valence-electron chi connectivity index (χ0n) is 12.7. The molecule has 0 heterocycles. The third kappa shape index (κ3) is 969. The van der Waals surface area contributed by atoms with Gasteiger partial charge in [0.05, 0.1) is 0 Å². The van der Waals surface area contributed by atoms with E-state index in [4.69, 9.17) is 36.4 Å². The number of aliphatic hydroxyl groups excluding tert-OH is 6. The maximum Gasteiger partial charge on any atom is 0.0319 e. The van der Waals surface area contributed by atoms with Gasteiger partial charge in [0.2, 0.25) is 0 Å². The monoisotopic (exact) mass is 347 g/mol. The minimum absolute atomic E-state index is 0. The maximum absolute atomic E-state index is 7.00. The molecule has 0 aromatic heterocycles. The number of nitrogens with two attached hydrogens (primary N) is 1. The quantitative estimate of drug-likeness (QED) is 0.272. The topological polar surface area (TPSA) is 147 Å². The molecule has 0 aliphatic heterocycles. The summed E-state index contributed by atoms with van der Waals surface area (Å²) >= 11 is 0. The average molecular weight is 347 g/mol.